The highest BCUT2D eigenvalue weighted by molar-refractivity contribution is 7.99. The number of benzene rings is 1. The van der Waals surface area contributed by atoms with Crippen LogP contribution < -0.4 is 10.6 Å². The van der Waals surface area contributed by atoms with Crippen molar-refractivity contribution in [3.05, 3.63) is 52.2 Å². The number of aliphatic imine (C=N–C) groups is 1. The molecule has 0 aliphatic rings. The van der Waals surface area contributed by atoms with Crippen molar-refractivity contribution in [2.75, 3.05) is 19.3 Å². The van der Waals surface area contributed by atoms with Crippen LogP contribution >= 0.6 is 23.1 Å². The highest BCUT2D eigenvalue weighted by Crippen LogP contribution is 2.17. The average Bonchev–Trinajstić information content (AvgIpc) is 3.02. The largest absolute Gasteiger partial charge is 0.356 e. The van der Waals surface area contributed by atoms with Crippen molar-refractivity contribution >= 4 is 29.1 Å². The first-order valence-corrected chi connectivity index (χ1v) is 8.86. The third-order valence-electron chi connectivity index (χ3n) is 2.95. The van der Waals surface area contributed by atoms with Crippen LogP contribution in [0, 0.1) is 6.92 Å². The van der Waals surface area contributed by atoms with E-state index in [-0.39, 0.29) is 0 Å². The van der Waals surface area contributed by atoms with E-state index in [1.54, 1.807) is 18.4 Å². The van der Waals surface area contributed by atoms with E-state index >= 15 is 0 Å². The van der Waals surface area contributed by atoms with E-state index in [0.29, 0.717) is 0 Å². The molecule has 0 spiro atoms. The van der Waals surface area contributed by atoms with Crippen LogP contribution in [0.3, 0.4) is 0 Å². The molecule has 112 valence electrons. The lowest BCUT2D eigenvalue weighted by Crippen LogP contribution is -2.37. The quantitative estimate of drug-likeness (QED) is 0.370. The second-order valence-corrected chi connectivity index (χ2v) is 6.59. The Hall–Kier alpha value is -1.46. The van der Waals surface area contributed by atoms with E-state index in [0.717, 1.165) is 24.8 Å². The van der Waals surface area contributed by atoms with Crippen LogP contribution in [-0.2, 0) is 6.54 Å². The summed E-state index contributed by atoms with van der Waals surface area (Å²) in [4.78, 5) is 5.54. The fourth-order valence-corrected chi connectivity index (χ4v) is 3.21. The van der Waals surface area contributed by atoms with Gasteiger partial charge in [0.15, 0.2) is 5.96 Å². The van der Waals surface area contributed by atoms with Gasteiger partial charge in [-0.05, 0) is 41.4 Å². The van der Waals surface area contributed by atoms with E-state index in [9.17, 15) is 0 Å². The molecule has 0 saturated heterocycles. The lowest BCUT2D eigenvalue weighted by atomic mass is 10.2. The van der Waals surface area contributed by atoms with Gasteiger partial charge in [-0.15, -0.1) is 11.8 Å². The highest BCUT2D eigenvalue weighted by Gasteiger charge is 1.99. The van der Waals surface area contributed by atoms with E-state index in [2.05, 4.69) is 63.6 Å². The number of hydrogen-bond donors (Lipinski definition) is 2. The van der Waals surface area contributed by atoms with Crippen molar-refractivity contribution in [2.45, 2.75) is 18.4 Å². The van der Waals surface area contributed by atoms with Gasteiger partial charge >= 0.3 is 0 Å². The summed E-state index contributed by atoms with van der Waals surface area (Å²) in [7, 11) is 1.80. The summed E-state index contributed by atoms with van der Waals surface area (Å²) in [6.07, 6.45) is 0. The van der Waals surface area contributed by atoms with Gasteiger partial charge in [-0.1, -0.05) is 17.7 Å². The number of rotatable bonds is 6. The molecule has 1 aromatic carbocycles. The lowest BCUT2D eigenvalue weighted by molar-refractivity contribution is 0.835. The maximum Gasteiger partial charge on any atom is 0.191 e. The van der Waals surface area contributed by atoms with Crippen molar-refractivity contribution in [2.24, 2.45) is 4.99 Å². The normalized spacial score (nSPS) is 11.4. The molecule has 0 unspecified atom stereocenters. The molecule has 1 heterocycles. The maximum atomic E-state index is 4.23. The smallest absolute Gasteiger partial charge is 0.191 e. The molecule has 0 aliphatic heterocycles. The molecular weight excluding hydrogens is 298 g/mol. The average molecular weight is 319 g/mol. The van der Waals surface area contributed by atoms with E-state index in [4.69, 9.17) is 0 Å². The van der Waals surface area contributed by atoms with Gasteiger partial charge in [0, 0.05) is 30.8 Å². The third kappa shape index (κ3) is 5.81. The molecule has 5 heteroatoms. The molecule has 0 atom stereocenters. The van der Waals surface area contributed by atoms with Gasteiger partial charge < -0.3 is 10.6 Å². The van der Waals surface area contributed by atoms with Crippen molar-refractivity contribution < 1.29 is 0 Å². The van der Waals surface area contributed by atoms with Crippen LogP contribution in [0.25, 0.3) is 0 Å². The molecule has 0 bridgehead atoms. The maximum absolute atomic E-state index is 4.23. The Morgan fingerprint density at radius 2 is 2.00 bits per heavy atom. The standard InChI is InChI=1S/C16H21N3S2/c1-13-3-5-15(6-4-13)21-10-8-18-16(17-2)19-11-14-7-9-20-12-14/h3-7,9,12H,8,10-11H2,1-2H3,(H2,17,18,19). The summed E-state index contributed by atoms with van der Waals surface area (Å²) in [5, 5.41) is 10.9. The number of thioether (sulfide) groups is 1. The molecular formula is C16H21N3S2. The molecule has 0 aliphatic carbocycles. The number of aryl methyl sites for hydroxylation is 1. The first kappa shape index (κ1) is 15.9. The molecule has 1 aromatic heterocycles. The van der Waals surface area contributed by atoms with Gasteiger partial charge in [-0.3, -0.25) is 4.99 Å². The molecule has 2 aromatic rings. The topological polar surface area (TPSA) is 36.4 Å². The molecule has 0 fully saturated rings. The van der Waals surface area contributed by atoms with E-state index in [1.807, 2.05) is 11.8 Å². The number of guanidine groups is 1. The molecule has 0 radical (unpaired) electrons. The van der Waals surface area contributed by atoms with Gasteiger partial charge in [0.1, 0.15) is 0 Å². The van der Waals surface area contributed by atoms with Gasteiger partial charge in [-0.25, -0.2) is 0 Å². The van der Waals surface area contributed by atoms with Crippen LogP contribution in [0.15, 0.2) is 51.0 Å². The Balaban J connectivity index is 1.65. The number of hydrogen-bond acceptors (Lipinski definition) is 3. The second kappa shape index (κ2) is 8.74. The summed E-state index contributed by atoms with van der Waals surface area (Å²) in [5.41, 5.74) is 2.59. The number of nitrogens with zero attached hydrogens (tertiary/aromatic N) is 1. The molecule has 0 amide bonds. The molecule has 3 nitrogen and oxygen atoms in total. The Morgan fingerprint density at radius 1 is 1.19 bits per heavy atom. The van der Waals surface area contributed by atoms with Crippen molar-refractivity contribution in [3.63, 3.8) is 0 Å². The minimum atomic E-state index is 0.814. The highest BCUT2D eigenvalue weighted by atomic mass is 32.2. The molecule has 0 saturated carbocycles. The Morgan fingerprint density at radius 3 is 2.67 bits per heavy atom. The fraction of sp³-hybridized carbons (Fsp3) is 0.312. The summed E-state index contributed by atoms with van der Waals surface area (Å²) in [5.74, 6) is 1.87. The van der Waals surface area contributed by atoms with Crippen LogP contribution in [0.5, 0.6) is 0 Å². The van der Waals surface area contributed by atoms with Crippen molar-refractivity contribution in [1.29, 1.82) is 0 Å². The molecule has 21 heavy (non-hydrogen) atoms. The first-order chi connectivity index (χ1) is 10.3. The minimum absolute atomic E-state index is 0.814. The van der Waals surface area contributed by atoms with E-state index < -0.39 is 0 Å². The van der Waals surface area contributed by atoms with Crippen LogP contribution in [0.1, 0.15) is 11.1 Å². The lowest BCUT2D eigenvalue weighted by Gasteiger charge is -2.11. The zero-order valence-corrected chi connectivity index (χ0v) is 14.1. The summed E-state index contributed by atoms with van der Waals surface area (Å²) in [6.45, 7) is 3.81. The predicted molar refractivity (Wildman–Crippen MR) is 94.4 cm³/mol. The molecule has 2 N–H and O–H groups in total. The van der Waals surface area contributed by atoms with E-state index in [1.165, 1.54) is 16.0 Å². The van der Waals surface area contributed by atoms with Crippen LogP contribution in [0.2, 0.25) is 0 Å². The van der Waals surface area contributed by atoms with Gasteiger partial charge in [-0.2, -0.15) is 11.3 Å². The molecule has 2 rings (SSSR count). The zero-order valence-electron chi connectivity index (χ0n) is 12.4. The van der Waals surface area contributed by atoms with Crippen LogP contribution in [-0.4, -0.2) is 25.3 Å². The number of thiophene rings is 1. The second-order valence-electron chi connectivity index (χ2n) is 4.65. The fourth-order valence-electron chi connectivity index (χ4n) is 1.77. The minimum Gasteiger partial charge on any atom is -0.356 e. The van der Waals surface area contributed by atoms with Crippen molar-refractivity contribution in [3.8, 4) is 0 Å². The Kier molecular flexibility index (Phi) is 6.63. The van der Waals surface area contributed by atoms with Gasteiger partial charge in [0.2, 0.25) is 0 Å². The van der Waals surface area contributed by atoms with Crippen molar-refractivity contribution in [1.82, 2.24) is 10.6 Å². The number of nitrogens with one attached hydrogen (secondary N) is 2. The predicted octanol–water partition coefficient (Wildman–Crippen LogP) is 3.51. The Bertz CT molecular complexity index is 547. The Labute approximate surface area is 134 Å². The van der Waals surface area contributed by atoms with Gasteiger partial charge in [0.25, 0.3) is 0 Å². The summed E-state index contributed by atoms with van der Waals surface area (Å²) < 4.78 is 0. The third-order valence-corrected chi connectivity index (χ3v) is 4.69. The summed E-state index contributed by atoms with van der Waals surface area (Å²) in [6, 6.07) is 10.8. The summed E-state index contributed by atoms with van der Waals surface area (Å²) >= 11 is 3.57. The first-order valence-electron chi connectivity index (χ1n) is 6.93. The SMILES string of the molecule is CN=C(NCCSc1ccc(C)cc1)NCc1ccsc1. The van der Waals surface area contributed by atoms with Gasteiger partial charge in [0.05, 0.1) is 0 Å². The monoisotopic (exact) mass is 319 g/mol. The zero-order chi connectivity index (χ0) is 14.9. The van der Waals surface area contributed by atoms with Crippen LogP contribution in [0.4, 0.5) is 0 Å².